The van der Waals surface area contributed by atoms with Crippen LogP contribution in [0.15, 0.2) is 47.8 Å². The maximum absolute atomic E-state index is 13.5. The third kappa shape index (κ3) is 3.67. The quantitative estimate of drug-likeness (QED) is 0.583. The Morgan fingerprint density at radius 2 is 1.97 bits per heavy atom. The zero-order chi connectivity index (χ0) is 20.5. The van der Waals surface area contributed by atoms with Crippen molar-refractivity contribution in [1.82, 2.24) is 14.4 Å². The zero-order valence-corrected chi connectivity index (χ0v) is 18.1. The third-order valence-electron chi connectivity index (χ3n) is 5.68. The second-order valence-electron chi connectivity index (χ2n) is 7.49. The van der Waals surface area contributed by atoms with Gasteiger partial charge in [0.15, 0.2) is 0 Å². The molecule has 2 aromatic heterocycles. The molecular weight excluding hydrogens is 406 g/mol. The lowest BCUT2D eigenvalue weighted by atomic mass is 10.1. The summed E-state index contributed by atoms with van der Waals surface area (Å²) in [5, 5.41) is 3.15. The number of thiophene rings is 1. The summed E-state index contributed by atoms with van der Waals surface area (Å²) in [4.78, 5) is 30.2. The molecule has 1 aromatic carbocycles. The van der Waals surface area contributed by atoms with Gasteiger partial charge in [0.25, 0.3) is 5.91 Å². The van der Waals surface area contributed by atoms with Gasteiger partial charge in [0, 0.05) is 31.1 Å². The van der Waals surface area contributed by atoms with E-state index in [-0.39, 0.29) is 29.8 Å². The molecular formula is C22H24ClN3O2S. The largest absolute Gasteiger partial charge is 0.335 e. The normalized spacial score (nSPS) is 18.2. The molecule has 3 aromatic rings. The number of nitrogens with zero attached hydrogens (tertiary/aromatic N) is 3. The van der Waals surface area contributed by atoms with Gasteiger partial charge in [-0.1, -0.05) is 30.3 Å². The van der Waals surface area contributed by atoms with Crippen molar-refractivity contribution in [2.24, 2.45) is 0 Å². The number of rotatable bonds is 4. The topological polar surface area (TPSA) is 45.6 Å². The highest BCUT2D eigenvalue weighted by molar-refractivity contribution is 7.16. The van der Waals surface area contributed by atoms with Crippen LogP contribution in [0.1, 0.15) is 35.9 Å². The summed E-state index contributed by atoms with van der Waals surface area (Å²) >= 11 is 7.37. The second-order valence-corrected chi connectivity index (χ2v) is 8.65. The SMILES string of the molecule is C[C@@H]1CN(C(=O)c2cc3ccsc3n2[C@H](C)c2ccccc2)CCN1C(=O)CCl. The number of halogens is 1. The van der Waals surface area contributed by atoms with Gasteiger partial charge in [0.2, 0.25) is 5.91 Å². The minimum Gasteiger partial charge on any atom is -0.335 e. The van der Waals surface area contributed by atoms with Gasteiger partial charge in [-0.3, -0.25) is 9.59 Å². The summed E-state index contributed by atoms with van der Waals surface area (Å²) in [7, 11) is 0. The molecule has 5 nitrogen and oxygen atoms in total. The van der Waals surface area contributed by atoms with Gasteiger partial charge in [0.1, 0.15) is 16.4 Å². The van der Waals surface area contributed by atoms with E-state index in [1.54, 1.807) is 16.2 Å². The fraction of sp³-hybridized carbons (Fsp3) is 0.364. The van der Waals surface area contributed by atoms with Gasteiger partial charge < -0.3 is 14.4 Å². The highest BCUT2D eigenvalue weighted by Crippen LogP contribution is 2.32. The Kier molecular flexibility index (Phi) is 5.65. The standard InChI is InChI=1S/C22H24ClN3O2S/c1-15-14-24(9-10-25(15)20(27)13-23)21(28)19-12-18-8-11-29-22(18)26(19)16(2)17-6-4-3-5-7-17/h3-8,11-12,15-16H,9-10,13-14H2,1-2H3/t15-,16-/m1/s1. The number of piperazine rings is 1. The van der Waals surface area contributed by atoms with E-state index in [9.17, 15) is 9.59 Å². The van der Waals surface area contributed by atoms with E-state index in [4.69, 9.17) is 11.6 Å². The van der Waals surface area contributed by atoms with E-state index >= 15 is 0 Å². The van der Waals surface area contributed by atoms with Crippen LogP contribution in [0.5, 0.6) is 0 Å². The predicted molar refractivity (Wildman–Crippen MR) is 118 cm³/mol. The number of carbonyl (C=O) groups excluding carboxylic acids is 2. The Morgan fingerprint density at radius 3 is 2.66 bits per heavy atom. The van der Waals surface area contributed by atoms with Crippen LogP contribution >= 0.6 is 22.9 Å². The Balaban J connectivity index is 1.65. The molecule has 3 heterocycles. The molecule has 0 aliphatic carbocycles. The van der Waals surface area contributed by atoms with Crippen LogP contribution in [-0.4, -0.2) is 57.7 Å². The number of alkyl halides is 1. The highest BCUT2D eigenvalue weighted by atomic mass is 35.5. The average molecular weight is 430 g/mol. The molecule has 0 saturated carbocycles. The number of amides is 2. The molecule has 0 radical (unpaired) electrons. The van der Waals surface area contributed by atoms with Crippen molar-refractivity contribution >= 4 is 45.0 Å². The second kappa shape index (κ2) is 8.20. The first kappa shape index (κ1) is 20.0. The fourth-order valence-electron chi connectivity index (χ4n) is 4.12. The molecule has 0 unspecified atom stereocenters. The monoisotopic (exact) mass is 429 g/mol. The Labute approximate surface area is 179 Å². The van der Waals surface area contributed by atoms with E-state index in [0.717, 1.165) is 10.2 Å². The van der Waals surface area contributed by atoms with E-state index in [2.05, 4.69) is 35.1 Å². The average Bonchev–Trinajstić information content (AvgIpc) is 3.34. The van der Waals surface area contributed by atoms with Gasteiger partial charge >= 0.3 is 0 Å². The van der Waals surface area contributed by atoms with Crippen molar-refractivity contribution in [2.75, 3.05) is 25.5 Å². The summed E-state index contributed by atoms with van der Waals surface area (Å²) in [5.41, 5.74) is 1.87. The number of aromatic nitrogens is 1. The summed E-state index contributed by atoms with van der Waals surface area (Å²) in [6.07, 6.45) is 0. The lowest BCUT2D eigenvalue weighted by Crippen LogP contribution is -2.56. The van der Waals surface area contributed by atoms with Crippen LogP contribution in [0.2, 0.25) is 0 Å². The Morgan fingerprint density at radius 1 is 1.21 bits per heavy atom. The first-order valence-electron chi connectivity index (χ1n) is 9.79. The summed E-state index contributed by atoms with van der Waals surface area (Å²) in [5.74, 6) is -0.0831. The molecule has 4 rings (SSSR count). The number of hydrogen-bond donors (Lipinski definition) is 0. The fourth-order valence-corrected chi connectivity index (χ4v) is 5.25. The highest BCUT2D eigenvalue weighted by Gasteiger charge is 2.32. The van der Waals surface area contributed by atoms with Crippen molar-refractivity contribution in [3.8, 4) is 0 Å². The smallest absolute Gasteiger partial charge is 0.270 e. The van der Waals surface area contributed by atoms with Crippen molar-refractivity contribution in [3.05, 3.63) is 59.1 Å². The third-order valence-corrected chi connectivity index (χ3v) is 6.84. The summed E-state index contributed by atoms with van der Waals surface area (Å²) < 4.78 is 2.15. The maximum atomic E-state index is 13.5. The maximum Gasteiger partial charge on any atom is 0.270 e. The van der Waals surface area contributed by atoms with Crippen LogP contribution in [-0.2, 0) is 4.79 Å². The first-order chi connectivity index (χ1) is 14.0. The molecule has 0 spiro atoms. The molecule has 29 heavy (non-hydrogen) atoms. The van der Waals surface area contributed by atoms with Gasteiger partial charge in [0.05, 0.1) is 6.04 Å². The van der Waals surface area contributed by atoms with Crippen LogP contribution in [0.4, 0.5) is 0 Å². The zero-order valence-electron chi connectivity index (χ0n) is 16.5. The van der Waals surface area contributed by atoms with Crippen molar-refractivity contribution < 1.29 is 9.59 Å². The molecule has 2 atom stereocenters. The van der Waals surface area contributed by atoms with Crippen molar-refractivity contribution in [2.45, 2.75) is 25.9 Å². The van der Waals surface area contributed by atoms with Crippen LogP contribution in [0, 0.1) is 0 Å². The van der Waals surface area contributed by atoms with Crippen molar-refractivity contribution in [1.29, 1.82) is 0 Å². The van der Waals surface area contributed by atoms with Crippen LogP contribution in [0.25, 0.3) is 10.2 Å². The van der Waals surface area contributed by atoms with Crippen LogP contribution < -0.4 is 0 Å². The van der Waals surface area contributed by atoms with Gasteiger partial charge in [-0.05, 0) is 36.9 Å². The van der Waals surface area contributed by atoms with E-state index in [1.165, 1.54) is 5.56 Å². The molecule has 1 aliphatic rings. The first-order valence-corrected chi connectivity index (χ1v) is 11.2. The number of carbonyl (C=O) groups is 2. The summed E-state index contributed by atoms with van der Waals surface area (Å²) in [6, 6.07) is 14.3. The molecule has 7 heteroatoms. The molecule has 2 amide bonds. The van der Waals surface area contributed by atoms with Crippen molar-refractivity contribution in [3.63, 3.8) is 0 Å². The lowest BCUT2D eigenvalue weighted by molar-refractivity contribution is -0.132. The molecule has 0 bridgehead atoms. The van der Waals surface area contributed by atoms with Gasteiger partial charge in [-0.25, -0.2) is 0 Å². The molecule has 0 N–H and O–H groups in total. The lowest BCUT2D eigenvalue weighted by Gasteiger charge is -2.39. The van der Waals surface area contributed by atoms with E-state index in [1.807, 2.05) is 36.1 Å². The summed E-state index contributed by atoms with van der Waals surface area (Å²) in [6.45, 7) is 5.64. The van der Waals surface area contributed by atoms with Gasteiger partial charge in [-0.15, -0.1) is 22.9 Å². The van der Waals surface area contributed by atoms with E-state index in [0.29, 0.717) is 25.3 Å². The molecule has 1 fully saturated rings. The predicted octanol–water partition coefficient (Wildman–Crippen LogP) is 4.22. The molecule has 152 valence electrons. The van der Waals surface area contributed by atoms with E-state index < -0.39 is 0 Å². The molecule has 1 aliphatic heterocycles. The number of fused-ring (bicyclic) bond motifs is 1. The Hall–Kier alpha value is -2.31. The molecule has 1 saturated heterocycles. The Bertz CT molecular complexity index is 1030. The van der Waals surface area contributed by atoms with Gasteiger partial charge in [-0.2, -0.15) is 0 Å². The van der Waals surface area contributed by atoms with Crippen LogP contribution in [0.3, 0.4) is 0 Å². The minimum absolute atomic E-state index is 0.0148. The number of hydrogen-bond acceptors (Lipinski definition) is 3. The minimum atomic E-state index is -0.0761. The number of benzene rings is 1.